The molecule has 1 saturated heterocycles. The lowest BCUT2D eigenvalue weighted by molar-refractivity contribution is -0.137. The summed E-state index contributed by atoms with van der Waals surface area (Å²) in [6.07, 6.45) is 1.62. The summed E-state index contributed by atoms with van der Waals surface area (Å²) in [7, 11) is 1.52. The number of hydrogen-bond donors (Lipinski definition) is 0. The summed E-state index contributed by atoms with van der Waals surface area (Å²) >= 11 is 0. The van der Waals surface area contributed by atoms with Crippen LogP contribution in [-0.2, 0) is 19.1 Å². The Bertz CT molecular complexity index is 1090. The molecule has 0 unspecified atom stereocenters. The first kappa shape index (κ1) is 21.6. The molecule has 2 aliphatic heterocycles. The Morgan fingerprint density at radius 3 is 2.69 bits per heavy atom. The van der Waals surface area contributed by atoms with Gasteiger partial charge in [-0.25, -0.2) is 9.79 Å². The summed E-state index contributed by atoms with van der Waals surface area (Å²) in [6.45, 7) is 4.04. The fourth-order valence-corrected chi connectivity index (χ4v) is 3.43. The minimum absolute atomic E-state index is 0.0901. The van der Waals surface area contributed by atoms with Crippen molar-refractivity contribution in [3.63, 3.8) is 0 Å². The third-order valence-corrected chi connectivity index (χ3v) is 5.20. The van der Waals surface area contributed by atoms with E-state index in [-0.39, 0.29) is 24.1 Å². The van der Waals surface area contributed by atoms with Crippen molar-refractivity contribution >= 4 is 23.9 Å². The van der Waals surface area contributed by atoms with Gasteiger partial charge in [-0.2, -0.15) is 0 Å². The maximum absolute atomic E-state index is 12.3. The van der Waals surface area contributed by atoms with Crippen LogP contribution in [0.5, 0.6) is 11.5 Å². The molecule has 8 heteroatoms. The third-order valence-electron chi connectivity index (χ3n) is 5.20. The van der Waals surface area contributed by atoms with Crippen molar-refractivity contribution in [1.82, 2.24) is 4.90 Å². The number of amides is 1. The second-order valence-electron chi connectivity index (χ2n) is 7.34. The predicted octanol–water partition coefficient (Wildman–Crippen LogP) is 2.59. The van der Waals surface area contributed by atoms with Crippen molar-refractivity contribution in [3.8, 4) is 11.5 Å². The zero-order chi connectivity index (χ0) is 22.5. The standard InChI is InChI=1S/C24H24N2O6/c1-16-5-3-4-6-18(16)23-25-19(24(28)32-23)13-17-7-8-20(21(14-17)29-2)31-15-22(27)26-9-11-30-12-10-26/h3-8,13-14H,9-12,15H2,1-2H3/b19-13+. The fraction of sp³-hybridized carbons (Fsp3) is 0.292. The quantitative estimate of drug-likeness (QED) is 0.511. The Labute approximate surface area is 186 Å². The third kappa shape index (κ3) is 4.81. The minimum atomic E-state index is -0.515. The van der Waals surface area contributed by atoms with Gasteiger partial charge in [0, 0.05) is 18.7 Å². The maximum Gasteiger partial charge on any atom is 0.363 e. The number of morpholine rings is 1. The average Bonchev–Trinajstić information content (AvgIpc) is 3.18. The van der Waals surface area contributed by atoms with E-state index in [4.69, 9.17) is 18.9 Å². The summed E-state index contributed by atoms with van der Waals surface area (Å²) in [5, 5.41) is 0. The van der Waals surface area contributed by atoms with Crippen molar-refractivity contribution in [1.29, 1.82) is 0 Å². The number of hydrogen-bond acceptors (Lipinski definition) is 7. The summed E-state index contributed by atoms with van der Waals surface area (Å²) < 4.78 is 21.7. The summed E-state index contributed by atoms with van der Waals surface area (Å²) in [6, 6.07) is 12.8. The Morgan fingerprint density at radius 1 is 1.16 bits per heavy atom. The fourth-order valence-electron chi connectivity index (χ4n) is 3.43. The van der Waals surface area contributed by atoms with Crippen LogP contribution in [-0.4, -0.2) is 62.7 Å². The molecule has 0 N–H and O–H groups in total. The second kappa shape index (κ2) is 9.65. The molecule has 0 saturated carbocycles. The van der Waals surface area contributed by atoms with E-state index in [0.717, 1.165) is 11.1 Å². The number of methoxy groups -OCH3 is 1. The van der Waals surface area contributed by atoms with E-state index < -0.39 is 5.97 Å². The summed E-state index contributed by atoms with van der Waals surface area (Å²) in [5.74, 6) is 0.554. The number of aliphatic imine (C=N–C) groups is 1. The topological polar surface area (TPSA) is 86.7 Å². The van der Waals surface area contributed by atoms with Gasteiger partial charge in [0.2, 0.25) is 5.90 Å². The van der Waals surface area contributed by atoms with Gasteiger partial charge in [-0.3, -0.25) is 4.79 Å². The second-order valence-corrected chi connectivity index (χ2v) is 7.34. The molecule has 166 valence electrons. The number of esters is 1. The first-order valence-corrected chi connectivity index (χ1v) is 10.3. The van der Waals surface area contributed by atoms with Crippen LogP contribution in [0.25, 0.3) is 6.08 Å². The number of carbonyl (C=O) groups excluding carboxylic acids is 2. The van der Waals surface area contributed by atoms with Crippen LogP contribution in [0.4, 0.5) is 0 Å². The molecule has 0 aliphatic carbocycles. The molecule has 2 aromatic carbocycles. The van der Waals surface area contributed by atoms with E-state index in [0.29, 0.717) is 43.4 Å². The molecule has 0 atom stereocenters. The van der Waals surface area contributed by atoms with Crippen LogP contribution < -0.4 is 9.47 Å². The first-order chi connectivity index (χ1) is 15.5. The molecule has 2 aliphatic rings. The molecule has 8 nitrogen and oxygen atoms in total. The zero-order valence-electron chi connectivity index (χ0n) is 18.0. The van der Waals surface area contributed by atoms with Gasteiger partial charge in [-0.05, 0) is 42.3 Å². The Kier molecular flexibility index (Phi) is 6.51. The number of nitrogens with zero attached hydrogens (tertiary/aromatic N) is 2. The highest BCUT2D eigenvalue weighted by Gasteiger charge is 2.25. The molecule has 4 rings (SSSR count). The molecule has 1 fully saturated rings. The molecular weight excluding hydrogens is 412 g/mol. The van der Waals surface area contributed by atoms with E-state index in [1.807, 2.05) is 31.2 Å². The van der Waals surface area contributed by atoms with E-state index >= 15 is 0 Å². The molecule has 1 amide bonds. The lowest BCUT2D eigenvalue weighted by Crippen LogP contribution is -2.43. The highest BCUT2D eigenvalue weighted by molar-refractivity contribution is 6.13. The number of ether oxygens (including phenoxy) is 4. The SMILES string of the molecule is COc1cc(/C=C2/N=C(c3ccccc3C)OC2=O)ccc1OCC(=O)N1CCOCC1. The van der Waals surface area contributed by atoms with E-state index in [1.165, 1.54) is 7.11 Å². The van der Waals surface area contributed by atoms with Crippen LogP contribution in [0.3, 0.4) is 0 Å². The van der Waals surface area contributed by atoms with Gasteiger partial charge >= 0.3 is 5.97 Å². The number of carbonyl (C=O) groups is 2. The van der Waals surface area contributed by atoms with Crippen LogP contribution in [0.2, 0.25) is 0 Å². The van der Waals surface area contributed by atoms with E-state index in [1.54, 1.807) is 29.2 Å². The van der Waals surface area contributed by atoms with Crippen LogP contribution >= 0.6 is 0 Å². The van der Waals surface area contributed by atoms with Gasteiger partial charge in [0.05, 0.1) is 20.3 Å². The summed E-state index contributed by atoms with van der Waals surface area (Å²) in [4.78, 5) is 30.7. The van der Waals surface area contributed by atoms with Crippen molar-refractivity contribution in [2.75, 3.05) is 40.0 Å². The van der Waals surface area contributed by atoms with Crippen LogP contribution in [0, 0.1) is 6.92 Å². The lowest BCUT2D eigenvalue weighted by Gasteiger charge is -2.26. The lowest BCUT2D eigenvalue weighted by atomic mass is 10.1. The molecular formula is C24H24N2O6. The minimum Gasteiger partial charge on any atom is -0.493 e. The molecule has 0 aromatic heterocycles. The normalized spacial score (nSPS) is 17.2. The van der Waals surface area contributed by atoms with Gasteiger partial charge in [0.15, 0.2) is 23.8 Å². The van der Waals surface area contributed by atoms with Crippen molar-refractivity contribution in [3.05, 3.63) is 64.9 Å². The van der Waals surface area contributed by atoms with E-state index in [9.17, 15) is 9.59 Å². The number of cyclic esters (lactones) is 1. The maximum atomic E-state index is 12.3. The van der Waals surface area contributed by atoms with Gasteiger partial charge in [0.25, 0.3) is 5.91 Å². The Morgan fingerprint density at radius 2 is 1.94 bits per heavy atom. The van der Waals surface area contributed by atoms with Crippen LogP contribution in [0.1, 0.15) is 16.7 Å². The molecule has 0 radical (unpaired) electrons. The Hall–Kier alpha value is -3.65. The monoisotopic (exact) mass is 436 g/mol. The van der Waals surface area contributed by atoms with Gasteiger partial charge < -0.3 is 23.8 Å². The van der Waals surface area contributed by atoms with Crippen molar-refractivity contribution in [2.24, 2.45) is 4.99 Å². The first-order valence-electron chi connectivity index (χ1n) is 10.3. The van der Waals surface area contributed by atoms with Gasteiger partial charge in [-0.1, -0.05) is 24.3 Å². The molecule has 32 heavy (non-hydrogen) atoms. The van der Waals surface area contributed by atoms with Gasteiger partial charge in [-0.15, -0.1) is 0 Å². The summed E-state index contributed by atoms with van der Waals surface area (Å²) in [5.41, 5.74) is 2.63. The smallest absolute Gasteiger partial charge is 0.363 e. The number of aryl methyl sites for hydroxylation is 1. The van der Waals surface area contributed by atoms with Crippen LogP contribution in [0.15, 0.2) is 53.2 Å². The zero-order valence-corrected chi connectivity index (χ0v) is 18.0. The highest BCUT2D eigenvalue weighted by Crippen LogP contribution is 2.30. The number of benzene rings is 2. The molecule has 2 aromatic rings. The molecule has 2 heterocycles. The van der Waals surface area contributed by atoms with Gasteiger partial charge in [0.1, 0.15) is 0 Å². The molecule has 0 spiro atoms. The average molecular weight is 436 g/mol. The number of rotatable bonds is 6. The predicted molar refractivity (Wildman–Crippen MR) is 118 cm³/mol. The van der Waals surface area contributed by atoms with Crippen molar-refractivity contribution < 1.29 is 28.5 Å². The van der Waals surface area contributed by atoms with E-state index in [2.05, 4.69) is 4.99 Å². The van der Waals surface area contributed by atoms with Crippen molar-refractivity contribution in [2.45, 2.75) is 6.92 Å². The Balaban J connectivity index is 1.48. The highest BCUT2D eigenvalue weighted by atomic mass is 16.6. The molecule has 0 bridgehead atoms. The largest absolute Gasteiger partial charge is 0.493 e.